The Labute approximate surface area is 186 Å². The molecular weight excluding hydrogens is 410 g/mol. The molecule has 31 heavy (non-hydrogen) atoms. The summed E-state index contributed by atoms with van der Waals surface area (Å²) >= 11 is 0. The topological polar surface area (TPSA) is 103 Å². The van der Waals surface area contributed by atoms with Crippen LogP contribution in [0.2, 0.25) is 0 Å². The van der Waals surface area contributed by atoms with Crippen molar-refractivity contribution in [2.45, 2.75) is 25.4 Å². The molecule has 0 radical (unpaired) electrons. The molecule has 1 N–H and O–H groups in total. The van der Waals surface area contributed by atoms with Gasteiger partial charge in [-0.15, -0.1) is 0 Å². The first-order chi connectivity index (χ1) is 15.3. The molecule has 0 saturated carbocycles. The van der Waals surface area contributed by atoms with Crippen LogP contribution in [-0.4, -0.2) is 118 Å². The summed E-state index contributed by atoms with van der Waals surface area (Å²) < 4.78 is 42.7. The average Bonchev–Trinajstić information content (AvgIpc) is 2.80. The second kappa shape index (κ2) is 22.3. The highest BCUT2D eigenvalue weighted by molar-refractivity contribution is 5.69. The van der Waals surface area contributed by atoms with Crippen LogP contribution in [0.3, 0.4) is 0 Å². The minimum atomic E-state index is -0.277. The molecule has 0 aromatic rings. The van der Waals surface area contributed by atoms with Gasteiger partial charge in [-0.25, -0.2) is 0 Å². The fourth-order valence-corrected chi connectivity index (χ4v) is 2.70. The lowest BCUT2D eigenvalue weighted by atomic mass is 10.1. The zero-order chi connectivity index (χ0) is 22.2. The molecule has 0 bridgehead atoms. The van der Waals surface area contributed by atoms with E-state index in [0.717, 1.165) is 25.9 Å². The van der Waals surface area contributed by atoms with Gasteiger partial charge >= 0.3 is 5.97 Å². The van der Waals surface area contributed by atoms with Gasteiger partial charge in [0, 0.05) is 0 Å². The van der Waals surface area contributed by atoms with Gasteiger partial charge in [0.2, 0.25) is 0 Å². The molecular formula is C21H41NO9. The van der Waals surface area contributed by atoms with Gasteiger partial charge in [0.1, 0.15) is 0 Å². The molecule has 10 heteroatoms. The average molecular weight is 452 g/mol. The van der Waals surface area contributed by atoms with Crippen molar-refractivity contribution in [1.82, 2.24) is 5.32 Å². The van der Waals surface area contributed by atoms with Crippen molar-refractivity contribution < 1.29 is 42.7 Å². The zero-order valence-corrected chi connectivity index (χ0v) is 19.0. The summed E-state index contributed by atoms with van der Waals surface area (Å²) in [6.07, 6.45) is 2.79. The molecule has 1 rings (SSSR count). The predicted octanol–water partition coefficient (Wildman–Crippen LogP) is 0.418. The van der Waals surface area contributed by atoms with Crippen LogP contribution in [0, 0.1) is 0 Å². The molecule has 0 aromatic carbocycles. The van der Waals surface area contributed by atoms with Gasteiger partial charge in [-0.2, -0.15) is 0 Å². The van der Waals surface area contributed by atoms with Crippen LogP contribution in [0.1, 0.15) is 19.3 Å². The van der Waals surface area contributed by atoms with E-state index in [0.29, 0.717) is 92.0 Å². The fourth-order valence-electron chi connectivity index (χ4n) is 2.70. The van der Waals surface area contributed by atoms with Crippen molar-refractivity contribution in [3.8, 4) is 0 Å². The third kappa shape index (κ3) is 19.6. The van der Waals surface area contributed by atoms with Crippen molar-refractivity contribution in [3.05, 3.63) is 0 Å². The molecule has 1 aliphatic rings. The first-order valence-corrected chi connectivity index (χ1v) is 11.2. The largest absolute Gasteiger partial charge is 0.469 e. The second-order valence-corrected chi connectivity index (χ2v) is 6.82. The number of methoxy groups -OCH3 is 1. The quantitative estimate of drug-likeness (QED) is 0.184. The van der Waals surface area contributed by atoms with Gasteiger partial charge in [0.25, 0.3) is 0 Å². The van der Waals surface area contributed by atoms with Gasteiger partial charge in [-0.3, -0.25) is 4.79 Å². The van der Waals surface area contributed by atoms with Crippen molar-refractivity contribution in [2.24, 2.45) is 0 Å². The summed E-state index contributed by atoms with van der Waals surface area (Å²) in [7, 11) is 1.36. The minimum absolute atomic E-state index is 0.257. The van der Waals surface area contributed by atoms with Gasteiger partial charge in [0.15, 0.2) is 0 Å². The summed E-state index contributed by atoms with van der Waals surface area (Å²) in [5.74, 6) is -0.277. The number of carbonyl (C=O) groups is 1. The molecule has 0 amide bonds. The van der Waals surface area contributed by atoms with Crippen LogP contribution in [0.25, 0.3) is 0 Å². The van der Waals surface area contributed by atoms with E-state index in [9.17, 15) is 4.79 Å². The molecule has 1 heterocycles. The highest BCUT2D eigenvalue weighted by Gasteiger charge is 2.12. The summed E-state index contributed by atoms with van der Waals surface area (Å²) in [6.45, 7) is 8.79. The normalized spacial score (nSPS) is 14.7. The predicted molar refractivity (Wildman–Crippen MR) is 113 cm³/mol. The van der Waals surface area contributed by atoms with E-state index in [1.807, 2.05) is 0 Å². The standard InChI is InChI=1S/C21H41NO9/c1-24-21(23)4-7-25-8-9-26-10-11-27-12-13-28-14-15-29-16-17-30-18-19-31-20-2-5-22-6-3-20/h20,22H,2-19H2,1H3. The van der Waals surface area contributed by atoms with E-state index in [1.54, 1.807) is 0 Å². The highest BCUT2D eigenvalue weighted by atomic mass is 16.6. The summed E-state index contributed by atoms with van der Waals surface area (Å²) in [6, 6.07) is 0. The molecule has 1 aliphatic heterocycles. The molecule has 0 unspecified atom stereocenters. The van der Waals surface area contributed by atoms with Gasteiger partial charge in [0.05, 0.1) is 106 Å². The number of piperidine rings is 1. The van der Waals surface area contributed by atoms with Crippen molar-refractivity contribution in [1.29, 1.82) is 0 Å². The SMILES string of the molecule is COC(=O)CCOCCOCCOCCOCCOCCOCCOC1CCNCC1. The summed E-state index contributed by atoms with van der Waals surface area (Å²) in [4.78, 5) is 10.9. The monoisotopic (exact) mass is 451 g/mol. The Kier molecular flexibility index (Phi) is 20.3. The smallest absolute Gasteiger partial charge is 0.307 e. The van der Waals surface area contributed by atoms with E-state index in [1.165, 1.54) is 7.11 Å². The van der Waals surface area contributed by atoms with Crippen LogP contribution in [0.15, 0.2) is 0 Å². The molecule has 0 aliphatic carbocycles. The number of hydrogen-bond donors (Lipinski definition) is 1. The molecule has 10 nitrogen and oxygen atoms in total. The van der Waals surface area contributed by atoms with Crippen LogP contribution in [0.4, 0.5) is 0 Å². The molecule has 184 valence electrons. The Morgan fingerprint density at radius 1 is 0.645 bits per heavy atom. The van der Waals surface area contributed by atoms with Crippen LogP contribution < -0.4 is 5.32 Å². The number of rotatable bonds is 22. The minimum Gasteiger partial charge on any atom is -0.469 e. The third-order valence-electron chi connectivity index (χ3n) is 4.41. The number of ether oxygens (including phenoxy) is 8. The van der Waals surface area contributed by atoms with Gasteiger partial charge < -0.3 is 43.2 Å². The van der Waals surface area contributed by atoms with Crippen LogP contribution in [-0.2, 0) is 42.7 Å². The number of hydrogen-bond acceptors (Lipinski definition) is 10. The second-order valence-electron chi connectivity index (χ2n) is 6.82. The van der Waals surface area contributed by atoms with Crippen molar-refractivity contribution in [3.63, 3.8) is 0 Å². The molecule has 1 fully saturated rings. The summed E-state index contributed by atoms with van der Waals surface area (Å²) in [5.41, 5.74) is 0. The van der Waals surface area contributed by atoms with Gasteiger partial charge in [-0.1, -0.05) is 0 Å². The highest BCUT2D eigenvalue weighted by Crippen LogP contribution is 2.06. The Morgan fingerprint density at radius 3 is 1.45 bits per heavy atom. The van der Waals surface area contributed by atoms with E-state index < -0.39 is 0 Å². The molecule has 0 spiro atoms. The van der Waals surface area contributed by atoms with Crippen molar-refractivity contribution >= 4 is 5.97 Å². The Bertz CT molecular complexity index is 395. The maximum absolute atomic E-state index is 10.9. The van der Waals surface area contributed by atoms with E-state index >= 15 is 0 Å². The molecule has 1 saturated heterocycles. The number of esters is 1. The third-order valence-corrected chi connectivity index (χ3v) is 4.41. The van der Waals surface area contributed by atoms with E-state index in [-0.39, 0.29) is 12.4 Å². The van der Waals surface area contributed by atoms with Gasteiger partial charge in [-0.05, 0) is 25.9 Å². The van der Waals surface area contributed by atoms with Crippen molar-refractivity contribution in [2.75, 3.05) is 106 Å². The van der Waals surface area contributed by atoms with E-state index in [2.05, 4.69) is 10.1 Å². The maximum atomic E-state index is 10.9. The number of nitrogens with one attached hydrogen (secondary N) is 1. The molecule has 0 atom stereocenters. The Morgan fingerprint density at radius 2 is 1.03 bits per heavy atom. The summed E-state index contributed by atoms with van der Waals surface area (Å²) in [5, 5.41) is 3.32. The van der Waals surface area contributed by atoms with Crippen LogP contribution >= 0.6 is 0 Å². The lowest BCUT2D eigenvalue weighted by Crippen LogP contribution is -2.33. The Hall–Kier alpha value is -0.850. The lowest BCUT2D eigenvalue weighted by Gasteiger charge is -2.22. The Balaban J connectivity index is 1.64. The first kappa shape index (κ1) is 28.2. The fraction of sp³-hybridized carbons (Fsp3) is 0.952. The number of carbonyl (C=O) groups excluding carboxylic acids is 1. The first-order valence-electron chi connectivity index (χ1n) is 11.2. The maximum Gasteiger partial charge on any atom is 0.307 e. The van der Waals surface area contributed by atoms with E-state index in [4.69, 9.17) is 33.2 Å². The lowest BCUT2D eigenvalue weighted by molar-refractivity contribution is -0.141. The van der Waals surface area contributed by atoms with Crippen LogP contribution in [0.5, 0.6) is 0 Å². The zero-order valence-electron chi connectivity index (χ0n) is 19.0. The molecule has 0 aromatic heterocycles.